The SMILES string of the molecule is CC(Cl)C(=O)Nc1nc2ccc(S(=O)(=O)N(C(C)C)C(C)C)cc2s1. The molecule has 0 radical (unpaired) electrons. The Bertz CT molecular complexity index is 868. The number of alkyl halides is 1. The summed E-state index contributed by atoms with van der Waals surface area (Å²) >= 11 is 6.95. The van der Waals surface area contributed by atoms with E-state index < -0.39 is 15.4 Å². The molecule has 1 unspecified atom stereocenters. The predicted octanol–water partition coefficient (Wildman–Crippen LogP) is 3.67. The minimum Gasteiger partial charge on any atom is -0.301 e. The van der Waals surface area contributed by atoms with Crippen LogP contribution in [0.2, 0.25) is 0 Å². The number of sulfonamides is 1. The highest BCUT2D eigenvalue weighted by Crippen LogP contribution is 2.30. The van der Waals surface area contributed by atoms with E-state index in [1.165, 1.54) is 15.6 Å². The molecule has 9 heteroatoms. The second-order valence-corrected chi connectivity index (χ2v) is 9.80. The van der Waals surface area contributed by atoms with Crippen LogP contribution in [0.25, 0.3) is 10.2 Å². The molecule has 1 aromatic heterocycles. The first-order valence-corrected chi connectivity index (χ1v) is 10.6. The van der Waals surface area contributed by atoms with Crippen LogP contribution in [-0.2, 0) is 14.8 Å². The Balaban J connectivity index is 2.42. The molecule has 1 atom stereocenters. The number of rotatable bonds is 6. The van der Waals surface area contributed by atoms with Crippen molar-refractivity contribution in [1.82, 2.24) is 9.29 Å². The Labute approximate surface area is 157 Å². The van der Waals surface area contributed by atoms with Crippen molar-refractivity contribution in [2.24, 2.45) is 0 Å². The highest BCUT2D eigenvalue weighted by Gasteiger charge is 2.29. The van der Waals surface area contributed by atoms with E-state index in [1.54, 1.807) is 25.1 Å². The minimum absolute atomic E-state index is 0.151. The van der Waals surface area contributed by atoms with Crippen molar-refractivity contribution in [2.75, 3.05) is 5.32 Å². The van der Waals surface area contributed by atoms with Crippen LogP contribution in [0.5, 0.6) is 0 Å². The van der Waals surface area contributed by atoms with Crippen molar-refractivity contribution in [3.05, 3.63) is 18.2 Å². The van der Waals surface area contributed by atoms with Crippen LogP contribution in [0.4, 0.5) is 5.13 Å². The van der Waals surface area contributed by atoms with Gasteiger partial charge in [-0.3, -0.25) is 4.79 Å². The first kappa shape index (κ1) is 20.1. The van der Waals surface area contributed by atoms with E-state index in [4.69, 9.17) is 11.6 Å². The van der Waals surface area contributed by atoms with Gasteiger partial charge in [-0.2, -0.15) is 4.31 Å². The molecule has 25 heavy (non-hydrogen) atoms. The van der Waals surface area contributed by atoms with Crippen molar-refractivity contribution in [1.29, 1.82) is 0 Å². The molecule has 0 spiro atoms. The fourth-order valence-electron chi connectivity index (χ4n) is 2.60. The number of nitrogens with zero attached hydrogens (tertiary/aromatic N) is 2. The summed E-state index contributed by atoms with van der Waals surface area (Å²) in [6, 6.07) is 4.49. The predicted molar refractivity (Wildman–Crippen MR) is 103 cm³/mol. The molecule has 1 aromatic carbocycles. The van der Waals surface area contributed by atoms with Gasteiger partial charge in [0.1, 0.15) is 5.38 Å². The van der Waals surface area contributed by atoms with Crippen molar-refractivity contribution in [3.8, 4) is 0 Å². The molecule has 0 aliphatic carbocycles. The zero-order valence-electron chi connectivity index (χ0n) is 14.8. The molecule has 0 fully saturated rings. The maximum absolute atomic E-state index is 13.0. The summed E-state index contributed by atoms with van der Waals surface area (Å²) < 4.78 is 28.1. The summed E-state index contributed by atoms with van der Waals surface area (Å²) in [5.74, 6) is -0.348. The Morgan fingerprint density at radius 2 is 1.80 bits per heavy atom. The van der Waals surface area contributed by atoms with E-state index in [1.807, 2.05) is 27.7 Å². The van der Waals surface area contributed by atoms with Crippen LogP contribution < -0.4 is 5.32 Å². The van der Waals surface area contributed by atoms with Gasteiger partial charge >= 0.3 is 0 Å². The van der Waals surface area contributed by atoms with Gasteiger partial charge in [0.2, 0.25) is 15.9 Å². The zero-order chi connectivity index (χ0) is 18.9. The van der Waals surface area contributed by atoms with E-state index in [0.29, 0.717) is 15.3 Å². The average molecular weight is 404 g/mol. The number of carbonyl (C=O) groups excluding carboxylic acids is 1. The lowest BCUT2D eigenvalue weighted by Gasteiger charge is -2.29. The molecular weight excluding hydrogens is 382 g/mol. The van der Waals surface area contributed by atoms with Gasteiger partial charge in [0.15, 0.2) is 5.13 Å². The zero-order valence-corrected chi connectivity index (χ0v) is 17.2. The maximum atomic E-state index is 13.0. The van der Waals surface area contributed by atoms with Gasteiger partial charge in [-0.05, 0) is 52.8 Å². The molecule has 0 saturated carbocycles. The van der Waals surface area contributed by atoms with E-state index in [9.17, 15) is 13.2 Å². The second-order valence-electron chi connectivity index (χ2n) is 6.28. The lowest BCUT2D eigenvalue weighted by atomic mass is 10.3. The molecule has 0 saturated heterocycles. The van der Waals surface area contributed by atoms with Gasteiger partial charge in [-0.25, -0.2) is 13.4 Å². The quantitative estimate of drug-likeness (QED) is 0.746. The topological polar surface area (TPSA) is 79.4 Å². The fourth-order valence-corrected chi connectivity index (χ4v) is 5.49. The van der Waals surface area contributed by atoms with Gasteiger partial charge in [0, 0.05) is 12.1 Å². The number of hydrogen-bond acceptors (Lipinski definition) is 5. The first-order chi connectivity index (χ1) is 11.5. The summed E-state index contributed by atoms with van der Waals surface area (Å²) in [7, 11) is -3.61. The molecule has 0 aliphatic heterocycles. The lowest BCUT2D eigenvalue weighted by molar-refractivity contribution is -0.115. The smallest absolute Gasteiger partial charge is 0.243 e. The third kappa shape index (κ3) is 4.31. The standard InChI is InChI=1S/C16H22ClN3O3S2/c1-9(2)20(10(3)4)25(22,23)12-6-7-13-14(8-12)24-16(18-13)19-15(21)11(5)17/h6-11H,1-5H3,(H,18,19,21). The number of nitrogens with one attached hydrogen (secondary N) is 1. The Hall–Kier alpha value is -1.22. The van der Waals surface area contributed by atoms with Crippen LogP contribution in [0.3, 0.4) is 0 Å². The summed E-state index contributed by atoms with van der Waals surface area (Å²) in [6.45, 7) is 8.97. The van der Waals surface area contributed by atoms with Gasteiger partial charge in [-0.1, -0.05) is 11.3 Å². The Morgan fingerprint density at radius 3 is 2.32 bits per heavy atom. The van der Waals surface area contributed by atoms with Crippen LogP contribution in [-0.4, -0.2) is 41.1 Å². The molecule has 1 heterocycles. The van der Waals surface area contributed by atoms with Crippen molar-refractivity contribution >= 4 is 54.2 Å². The molecular formula is C16H22ClN3O3S2. The van der Waals surface area contributed by atoms with E-state index >= 15 is 0 Å². The Kier molecular flexibility index (Phi) is 6.09. The highest BCUT2D eigenvalue weighted by molar-refractivity contribution is 7.89. The molecule has 1 amide bonds. The second kappa shape index (κ2) is 7.57. The first-order valence-electron chi connectivity index (χ1n) is 7.93. The van der Waals surface area contributed by atoms with Crippen LogP contribution in [0.15, 0.2) is 23.1 Å². The van der Waals surface area contributed by atoms with Crippen molar-refractivity contribution in [3.63, 3.8) is 0 Å². The lowest BCUT2D eigenvalue weighted by Crippen LogP contribution is -2.41. The number of anilines is 1. The number of halogens is 1. The fraction of sp³-hybridized carbons (Fsp3) is 0.500. The van der Waals surface area contributed by atoms with Crippen LogP contribution in [0, 0.1) is 0 Å². The largest absolute Gasteiger partial charge is 0.301 e. The number of amides is 1. The number of hydrogen-bond donors (Lipinski definition) is 1. The molecule has 6 nitrogen and oxygen atoms in total. The highest BCUT2D eigenvalue weighted by atomic mass is 35.5. The number of thiazole rings is 1. The summed E-state index contributed by atoms with van der Waals surface area (Å²) in [6.07, 6.45) is 0. The van der Waals surface area contributed by atoms with E-state index in [-0.39, 0.29) is 22.9 Å². The number of carbonyl (C=O) groups is 1. The third-order valence-corrected chi connectivity index (χ3v) is 6.92. The van der Waals surface area contributed by atoms with E-state index in [2.05, 4.69) is 10.3 Å². The van der Waals surface area contributed by atoms with Gasteiger partial charge in [0.25, 0.3) is 0 Å². The molecule has 2 rings (SSSR count). The monoisotopic (exact) mass is 403 g/mol. The molecule has 1 N–H and O–H groups in total. The van der Waals surface area contributed by atoms with Gasteiger partial charge in [-0.15, -0.1) is 11.6 Å². The molecule has 0 aliphatic rings. The van der Waals surface area contributed by atoms with Gasteiger partial charge < -0.3 is 5.32 Å². The minimum atomic E-state index is -3.61. The normalized spacial score (nSPS) is 13.8. The Morgan fingerprint density at radius 1 is 1.20 bits per heavy atom. The van der Waals surface area contributed by atoms with Crippen LogP contribution >= 0.6 is 22.9 Å². The van der Waals surface area contributed by atoms with Crippen molar-refractivity contribution in [2.45, 2.75) is 57.0 Å². The maximum Gasteiger partial charge on any atom is 0.243 e. The number of aromatic nitrogens is 1. The molecule has 2 aromatic rings. The molecule has 138 valence electrons. The average Bonchev–Trinajstić information content (AvgIpc) is 2.86. The third-order valence-electron chi connectivity index (χ3n) is 3.54. The number of benzene rings is 1. The van der Waals surface area contributed by atoms with Crippen LogP contribution in [0.1, 0.15) is 34.6 Å². The summed E-state index contributed by atoms with van der Waals surface area (Å²) in [5.41, 5.74) is 0.627. The van der Waals surface area contributed by atoms with E-state index in [0.717, 1.165) is 0 Å². The number of fused-ring (bicyclic) bond motifs is 1. The van der Waals surface area contributed by atoms with Crippen molar-refractivity contribution < 1.29 is 13.2 Å². The van der Waals surface area contributed by atoms with Gasteiger partial charge in [0.05, 0.1) is 15.1 Å². The summed E-state index contributed by atoms with van der Waals surface area (Å²) in [5, 5.41) is 2.35. The molecule has 0 bridgehead atoms. The summed E-state index contributed by atoms with van der Waals surface area (Å²) in [4.78, 5) is 16.2.